The van der Waals surface area contributed by atoms with Gasteiger partial charge in [0.2, 0.25) is 5.91 Å². The van der Waals surface area contributed by atoms with Crippen LogP contribution in [-0.4, -0.2) is 24.0 Å². The SMILES string of the molecule is CCC(CC)(CC)NCC(N)C(N)=O. The Morgan fingerprint density at radius 3 is 2.00 bits per heavy atom. The molecule has 0 bridgehead atoms. The lowest BCUT2D eigenvalue weighted by molar-refractivity contribution is -0.119. The number of carbonyl (C=O) groups excluding carboxylic acids is 1. The zero-order valence-corrected chi connectivity index (χ0v) is 9.47. The predicted molar refractivity (Wildman–Crippen MR) is 58.8 cm³/mol. The first kappa shape index (κ1) is 13.4. The summed E-state index contributed by atoms with van der Waals surface area (Å²) in [6.45, 7) is 6.87. The largest absolute Gasteiger partial charge is 0.368 e. The Labute approximate surface area is 86.4 Å². The van der Waals surface area contributed by atoms with E-state index in [9.17, 15) is 4.79 Å². The molecular weight excluding hydrogens is 178 g/mol. The van der Waals surface area contributed by atoms with Crippen molar-refractivity contribution in [1.29, 1.82) is 0 Å². The van der Waals surface area contributed by atoms with Gasteiger partial charge in [0, 0.05) is 12.1 Å². The van der Waals surface area contributed by atoms with Crippen LogP contribution in [0.3, 0.4) is 0 Å². The Balaban J connectivity index is 4.12. The van der Waals surface area contributed by atoms with Crippen molar-refractivity contribution in [2.45, 2.75) is 51.6 Å². The van der Waals surface area contributed by atoms with E-state index in [4.69, 9.17) is 11.5 Å². The summed E-state index contributed by atoms with van der Waals surface area (Å²) in [4.78, 5) is 10.7. The highest BCUT2D eigenvalue weighted by Crippen LogP contribution is 2.18. The fraction of sp³-hybridized carbons (Fsp3) is 0.900. The lowest BCUT2D eigenvalue weighted by Gasteiger charge is -2.32. The van der Waals surface area contributed by atoms with E-state index in [1.807, 2.05) is 0 Å². The van der Waals surface area contributed by atoms with Crippen LogP contribution in [0.2, 0.25) is 0 Å². The predicted octanol–water partition coefficient (Wildman–Crippen LogP) is 0.357. The molecule has 0 aromatic heterocycles. The zero-order valence-electron chi connectivity index (χ0n) is 9.47. The smallest absolute Gasteiger partial charge is 0.235 e. The molecule has 84 valence electrons. The standard InChI is InChI=1S/C10H23N3O/c1-4-10(5-2,6-3)13-7-8(11)9(12)14/h8,13H,4-7,11H2,1-3H3,(H2,12,14). The van der Waals surface area contributed by atoms with Crippen LogP contribution < -0.4 is 16.8 Å². The van der Waals surface area contributed by atoms with Crippen molar-refractivity contribution in [1.82, 2.24) is 5.32 Å². The van der Waals surface area contributed by atoms with Gasteiger partial charge in [0.15, 0.2) is 0 Å². The van der Waals surface area contributed by atoms with Gasteiger partial charge in [-0.2, -0.15) is 0 Å². The average Bonchev–Trinajstić information content (AvgIpc) is 2.20. The van der Waals surface area contributed by atoms with E-state index >= 15 is 0 Å². The van der Waals surface area contributed by atoms with Crippen molar-refractivity contribution in [3.8, 4) is 0 Å². The highest BCUT2D eigenvalue weighted by Gasteiger charge is 2.24. The van der Waals surface area contributed by atoms with Crippen molar-refractivity contribution in [2.75, 3.05) is 6.54 Å². The molecule has 1 amide bonds. The van der Waals surface area contributed by atoms with Crippen molar-refractivity contribution >= 4 is 5.91 Å². The Morgan fingerprint density at radius 1 is 1.29 bits per heavy atom. The molecule has 1 atom stereocenters. The molecule has 0 saturated carbocycles. The van der Waals surface area contributed by atoms with Gasteiger partial charge in [-0.1, -0.05) is 20.8 Å². The van der Waals surface area contributed by atoms with Crippen LogP contribution in [0.15, 0.2) is 0 Å². The van der Waals surface area contributed by atoms with Gasteiger partial charge in [-0.25, -0.2) is 0 Å². The van der Waals surface area contributed by atoms with Crippen LogP contribution in [-0.2, 0) is 4.79 Å². The maximum atomic E-state index is 10.7. The van der Waals surface area contributed by atoms with Crippen LogP contribution in [0, 0.1) is 0 Å². The first-order chi connectivity index (χ1) is 6.51. The number of nitrogens with two attached hydrogens (primary N) is 2. The van der Waals surface area contributed by atoms with Crippen molar-refractivity contribution in [3.63, 3.8) is 0 Å². The van der Waals surface area contributed by atoms with Crippen molar-refractivity contribution < 1.29 is 4.79 Å². The average molecular weight is 201 g/mol. The molecule has 0 aliphatic carbocycles. The highest BCUT2D eigenvalue weighted by atomic mass is 16.1. The van der Waals surface area contributed by atoms with Gasteiger partial charge >= 0.3 is 0 Å². The second-order valence-electron chi connectivity index (χ2n) is 3.73. The Bertz CT molecular complexity index is 170. The second kappa shape index (κ2) is 5.98. The van der Waals surface area contributed by atoms with E-state index in [0.717, 1.165) is 19.3 Å². The summed E-state index contributed by atoms with van der Waals surface area (Å²) in [6.07, 6.45) is 3.10. The number of hydrogen-bond donors (Lipinski definition) is 3. The quantitative estimate of drug-likeness (QED) is 0.556. The first-order valence-electron chi connectivity index (χ1n) is 5.31. The molecule has 0 heterocycles. The van der Waals surface area contributed by atoms with Gasteiger partial charge in [-0.3, -0.25) is 4.79 Å². The molecule has 0 saturated heterocycles. The molecule has 0 rings (SSSR count). The normalized spacial score (nSPS) is 14.0. The first-order valence-corrected chi connectivity index (χ1v) is 5.31. The molecule has 14 heavy (non-hydrogen) atoms. The fourth-order valence-electron chi connectivity index (χ4n) is 1.55. The summed E-state index contributed by atoms with van der Waals surface area (Å²) in [5.41, 5.74) is 10.7. The number of carbonyl (C=O) groups is 1. The third kappa shape index (κ3) is 3.64. The maximum absolute atomic E-state index is 10.7. The van der Waals surface area contributed by atoms with Crippen LogP contribution in [0.4, 0.5) is 0 Å². The third-order valence-corrected chi connectivity index (χ3v) is 3.09. The molecule has 0 fully saturated rings. The lowest BCUT2D eigenvalue weighted by atomic mass is 9.89. The molecule has 0 radical (unpaired) electrons. The highest BCUT2D eigenvalue weighted by molar-refractivity contribution is 5.79. The molecule has 4 nitrogen and oxygen atoms in total. The molecular formula is C10H23N3O. The summed E-state index contributed by atoms with van der Waals surface area (Å²) in [5.74, 6) is -0.449. The van der Waals surface area contributed by atoms with E-state index < -0.39 is 11.9 Å². The summed E-state index contributed by atoms with van der Waals surface area (Å²) in [6, 6.07) is -0.584. The molecule has 1 unspecified atom stereocenters. The van der Waals surface area contributed by atoms with Crippen molar-refractivity contribution in [3.05, 3.63) is 0 Å². The van der Waals surface area contributed by atoms with Crippen molar-refractivity contribution in [2.24, 2.45) is 11.5 Å². The van der Waals surface area contributed by atoms with Gasteiger partial charge in [-0.15, -0.1) is 0 Å². The molecule has 0 aliphatic rings. The summed E-state index contributed by atoms with van der Waals surface area (Å²) >= 11 is 0. The van der Waals surface area contributed by atoms with E-state index in [1.54, 1.807) is 0 Å². The minimum atomic E-state index is -0.584. The van der Waals surface area contributed by atoms with Crippen LogP contribution in [0.1, 0.15) is 40.0 Å². The Hall–Kier alpha value is -0.610. The van der Waals surface area contributed by atoms with E-state index in [1.165, 1.54) is 0 Å². The summed E-state index contributed by atoms with van der Waals surface area (Å²) in [7, 11) is 0. The van der Waals surface area contributed by atoms with E-state index in [-0.39, 0.29) is 5.54 Å². The number of hydrogen-bond acceptors (Lipinski definition) is 3. The number of primary amides is 1. The minimum Gasteiger partial charge on any atom is -0.368 e. The van der Waals surface area contributed by atoms with Gasteiger partial charge < -0.3 is 16.8 Å². The molecule has 5 N–H and O–H groups in total. The lowest BCUT2D eigenvalue weighted by Crippen LogP contribution is -2.52. The fourth-order valence-corrected chi connectivity index (χ4v) is 1.55. The molecule has 0 aromatic carbocycles. The van der Waals surface area contributed by atoms with Gasteiger partial charge in [0.05, 0.1) is 6.04 Å². The summed E-state index contributed by atoms with van der Waals surface area (Å²) in [5, 5.41) is 3.34. The van der Waals surface area contributed by atoms with E-state index in [2.05, 4.69) is 26.1 Å². The van der Waals surface area contributed by atoms with Gasteiger partial charge in [0.1, 0.15) is 0 Å². The van der Waals surface area contributed by atoms with E-state index in [0.29, 0.717) is 6.54 Å². The number of rotatable bonds is 7. The van der Waals surface area contributed by atoms with Crippen LogP contribution in [0.5, 0.6) is 0 Å². The molecule has 0 aliphatic heterocycles. The Kier molecular flexibility index (Phi) is 5.72. The van der Waals surface area contributed by atoms with Crippen LogP contribution >= 0.6 is 0 Å². The zero-order chi connectivity index (χ0) is 11.2. The monoisotopic (exact) mass is 201 g/mol. The van der Waals surface area contributed by atoms with Crippen LogP contribution in [0.25, 0.3) is 0 Å². The number of nitrogens with one attached hydrogen (secondary N) is 1. The summed E-state index contributed by atoms with van der Waals surface area (Å²) < 4.78 is 0. The number of amides is 1. The third-order valence-electron chi connectivity index (χ3n) is 3.09. The maximum Gasteiger partial charge on any atom is 0.235 e. The van der Waals surface area contributed by atoms with Gasteiger partial charge in [0.25, 0.3) is 0 Å². The second-order valence-corrected chi connectivity index (χ2v) is 3.73. The molecule has 4 heteroatoms. The Morgan fingerprint density at radius 2 is 1.71 bits per heavy atom. The minimum absolute atomic E-state index is 0.104. The topological polar surface area (TPSA) is 81.1 Å². The molecule has 0 spiro atoms. The molecule has 0 aromatic rings. The van der Waals surface area contributed by atoms with Gasteiger partial charge in [-0.05, 0) is 19.3 Å².